The maximum Gasteiger partial charge on any atom is 0.216 e. The van der Waals surface area contributed by atoms with Gasteiger partial charge in [0.2, 0.25) is 11.8 Å². The number of halogens is 1. The smallest absolute Gasteiger partial charge is 0.216 e. The van der Waals surface area contributed by atoms with E-state index in [1.54, 1.807) is 12.1 Å². The molecule has 0 aromatic carbocycles. The summed E-state index contributed by atoms with van der Waals surface area (Å²) >= 11 is 0. The zero-order valence-electron chi connectivity index (χ0n) is 9.36. The van der Waals surface area contributed by atoms with Gasteiger partial charge in [-0.1, -0.05) is 12.5 Å². The van der Waals surface area contributed by atoms with Gasteiger partial charge in [0.1, 0.15) is 6.61 Å². The van der Waals surface area contributed by atoms with Crippen LogP contribution in [0.1, 0.15) is 19.3 Å². The Morgan fingerprint density at radius 3 is 2.81 bits per heavy atom. The summed E-state index contributed by atoms with van der Waals surface area (Å²) in [5, 5.41) is 0. The maximum absolute atomic E-state index is 12.7. The molecule has 4 heteroatoms. The number of pyridine rings is 1. The highest BCUT2D eigenvalue weighted by molar-refractivity contribution is 5.10. The second-order valence-corrected chi connectivity index (χ2v) is 4.05. The van der Waals surface area contributed by atoms with Gasteiger partial charge in [-0.25, -0.2) is 0 Å². The van der Waals surface area contributed by atoms with E-state index in [4.69, 9.17) is 4.74 Å². The van der Waals surface area contributed by atoms with Crippen LogP contribution in [-0.2, 0) is 0 Å². The van der Waals surface area contributed by atoms with Crippen LogP contribution >= 0.6 is 0 Å². The summed E-state index contributed by atoms with van der Waals surface area (Å²) in [4.78, 5) is 6.03. The summed E-state index contributed by atoms with van der Waals surface area (Å²) in [7, 11) is 0. The highest BCUT2D eigenvalue weighted by Gasteiger charge is 2.09. The standard InChI is InChI=1S/C12H17FN2O/c13-11-5-4-6-12(14-11)16-10-9-15-7-2-1-3-8-15/h4-6H,1-3,7-10H2. The average Bonchev–Trinajstić information content (AvgIpc) is 2.30. The van der Waals surface area contributed by atoms with Crippen molar-refractivity contribution in [1.29, 1.82) is 0 Å². The molecule has 0 N–H and O–H groups in total. The molecule has 1 saturated heterocycles. The topological polar surface area (TPSA) is 25.4 Å². The first-order valence-electron chi connectivity index (χ1n) is 5.82. The molecule has 0 atom stereocenters. The Balaban J connectivity index is 1.71. The molecule has 88 valence electrons. The lowest BCUT2D eigenvalue weighted by Gasteiger charge is -2.25. The Kier molecular flexibility index (Phi) is 4.10. The zero-order chi connectivity index (χ0) is 11.2. The number of ether oxygens (including phenoxy) is 1. The van der Waals surface area contributed by atoms with E-state index in [9.17, 15) is 4.39 Å². The first kappa shape index (κ1) is 11.3. The average molecular weight is 224 g/mol. The van der Waals surface area contributed by atoms with Crippen LogP contribution in [0.15, 0.2) is 18.2 Å². The first-order chi connectivity index (χ1) is 7.84. The molecule has 1 aromatic heterocycles. The van der Waals surface area contributed by atoms with Gasteiger partial charge in [0.25, 0.3) is 0 Å². The van der Waals surface area contributed by atoms with Crippen molar-refractivity contribution >= 4 is 0 Å². The van der Waals surface area contributed by atoms with Crippen LogP contribution in [0.2, 0.25) is 0 Å². The molecule has 0 amide bonds. The van der Waals surface area contributed by atoms with Crippen molar-refractivity contribution in [3.8, 4) is 5.88 Å². The van der Waals surface area contributed by atoms with Crippen molar-refractivity contribution in [3.63, 3.8) is 0 Å². The third-order valence-electron chi connectivity index (χ3n) is 2.80. The van der Waals surface area contributed by atoms with Crippen molar-refractivity contribution in [2.24, 2.45) is 0 Å². The minimum atomic E-state index is -0.490. The van der Waals surface area contributed by atoms with Gasteiger partial charge < -0.3 is 4.74 Å². The van der Waals surface area contributed by atoms with E-state index >= 15 is 0 Å². The van der Waals surface area contributed by atoms with E-state index in [0.717, 1.165) is 19.6 Å². The predicted octanol–water partition coefficient (Wildman–Crippen LogP) is 2.09. The van der Waals surface area contributed by atoms with Gasteiger partial charge in [0.15, 0.2) is 0 Å². The van der Waals surface area contributed by atoms with Crippen LogP contribution in [0.4, 0.5) is 4.39 Å². The van der Waals surface area contributed by atoms with Crippen LogP contribution < -0.4 is 4.74 Å². The molecule has 0 bridgehead atoms. The van der Waals surface area contributed by atoms with Gasteiger partial charge in [-0.2, -0.15) is 9.37 Å². The fourth-order valence-electron chi connectivity index (χ4n) is 1.93. The van der Waals surface area contributed by atoms with Crippen molar-refractivity contribution in [2.75, 3.05) is 26.2 Å². The number of hydrogen-bond donors (Lipinski definition) is 0. The second-order valence-electron chi connectivity index (χ2n) is 4.05. The minimum Gasteiger partial charge on any atom is -0.476 e. The summed E-state index contributed by atoms with van der Waals surface area (Å²) < 4.78 is 18.1. The Labute approximate surface area is 95.2 Å². The van der Waals surface area contributed by atoms with Crippen molar-refractivity contribution in [2.45, 2.75) is 19.3 Å². The van der Waals surface area contributed by atoms with E-state index in [1.165, 1.54) is 25.3 Å². The highest BCUT2D eigenvalue weighted by atomic mass is 19.1. The van der Waals surface area contributed by atoms with E-state index in [1.807, 2.05) is 0 Å². The quantitative estimate of drug-likeness (QED) is 0.732. The summed E-state index contributed by atoms with van der Waals surface area (Å²) in [6.45, 7) is 3.79. The number of nitrogens with zero attached hydrogens (tertiary/aromatic N) is 2. The molecule has 2 rings (SSSR count). The van der Waals surface area contributed by atoms with Crippen molar-refractivity contribution in [1.82, 2.24) is 9.88 Å². The lowest BCUT2D eigenvalue weighted by molar-refractivity contribution is 0.180. The third kappa shape index (κ3) is 3.45. The number of aromatic nitrogens is 1. The summed E-state index contributed by atoms with van der Waals surface area (Å²) in [6, 6.07) is 4.61. The highest BCUT2D eigenvalue weighted by Crippen LogP contribution is 2.09. The van der Waals surface area contributed by atoms with Gasteiger partial charge >= 0.3 is 0 Å². The number of piperidine rings is 1. The Morgan fingerprint density at radius 1 is 1.25 bits per heavy atom. The number of hydrogen-bond acceptors (Lipinski definition) is 3. The lowest BCUT2D eigenvalue weighted by atomic mass is 10.1. The van der Waals surface area contributed by atoms with Crippen LogP contribution in [0.5, 0.6) is 5.88 Å². The van der Waals surface area contributed by atoms with E-state index in [2.05, 4.69) is 9.88 Å². The molecule has 0 aliphatic carbocycles. The molecule has 1 aromatic rings. The molecule has 1 fully saturated rings. The largest absolute Gasteiger partial charge is 0.476 e. The van der Waals surface area contributed by atoms with Crippen molar-refractivity contribution < 1.29 is 9.13 Å². The molecule has 2 heterocycles. The molecule has 0 spiro atoms. The van der Waals surface area contributed by atoms with Gasteiger partial charge in [0, 0.05) is 12.6 Å². The van der Waals surface area contributed by atoms with Crippen molar-refractivity contribution in [3.05, 3.63) is 24.1 Å². The molecular weight excluding hydrogens is 207 g/mol. The van der Waals surface area contributed by atoms with Crippen LogP contribution in [0.25, 0.3) is 0 Å². The molecule has 0 saturated carbocycles. The molecule has 1 aliphatic rings. The summed E-state index contributed by atoms with van der Waals surface area (Å²) in [5.74, 6) is -0.118. The summed E-state index contributed by atoms with van der Waals surface area (Å²) in [5.41, 5.74) is 0. The lowest BCUT2D eigenvalue weighted by Crippen LogP contribution is -2.33. The molecule has 16 heavy (non-hydrogen) atoms. The molecule has 0 radical (unpaired) electrons. The maximum atomic E-state index is 12.7. The Morgan fingerprint density at radius 2 is 2.06 bits per heavy atom. The van der Waals surface area contributed by atoms with Gasteiger partial charge in [-0.15, -0.1) is 0 Å². The van der Waals surface area contributed by atoms with Gasteiger partial charge in [-0.3, -0.25) is 4.90 Å². The minimum absolute atomic E-state index is 0.372. The van der Waals surface area contributed by atoms with E-state index in [0.29, 0.717) is 12.5 Å². The van der Waals surface area contributed by atoms with Crippen LogP contribution in [-0.4, -0.2) is 36.1 Å². The molecular formula is C12H17FN2O. The summed E-state index contributed by atoms with van der Waals surface area (Å²) in [6.07, 6.45) is 3.89. The number of likely N-dealkylation sites (tertiary alicyclic amines) is 1. The van der Waals surface area contributed by atoms with Gasteiger partial charge in [-0.05, 0) is 32.0 Å². The normalized spacial score (nSPS) is 17.3. The van der Waals surface area contributed by atoms with Gasteiger partial charge in [0.05, 0.1) is 0 Å². The second kappa shape index (κ2) is 5.80. The number of rotatable bonds is 4. The zero-order valence-corrected chi connectivity index (χ0v) is 9.36. The van der Waals surface area contributed by atoms with Crippen LogP contribution in [0, 0.1) is 5.95 Å². The Hall–Kier alpha value is -1.16. The molecule has 0 unspecified atom stereocenters. The molecule has 3 nitrogen and oxygen atoms in total. The first-order valence-corrected chi connectivity index (χ1v) is 5.82. The van der Waals surface area contributed by atoms with Crippen LogP contribution in [0.3, 0.4) is 0 Å². The predicted molar refractivity (Wildman–Crippen MR) is 60.0 cm³/mol. The fraction of sp³-hybridized carbons (Fsp3) is 0.583. The fourth-order valence-corrected chi connectivity index (χ4v) is 1.93. The third-order valence-corrected chi connectivity index (χ3v) is 2.80. The SMILES string of the molecule is Fc1cccc(OCCN2CCCCC2)n1. The Bertz CT molecular complexity index is 327. The molecule has 1 aliphatic heterocycles. The van der Waals surface area contributed by atoms with E-state index in [-0.39, 0.29) is 0 Å². The monoisotopic (exact) mass is 224 g/mol. The van der Waals surface area contributed by atoms with E-state index < -0.39 is 5.95 Å².